The molecule has 0 aliphatic heterocycles. The first-order valence-corrected chi connectivity index (χ1v) is 8.39. The van der Waals surface area contributed by atoms with Crippen LogP contribution in [0.4, 0.5) is 17.1 Å². The van der Waals surface area contributed by atoms with Crippen LogP contribution in [-0.2, 0) is 0 Å². The van der Waals surface area contributed by atoms with Gasteiger partial charge < -0.3 is 20.1 Å². The molecule has 1 heterocycles. The van der Waals surface area contributed by atoms with Crippen molar-refractivity contribution >= 4 is 23.0 Å². The van der Waals surface area contributed by atoms with E-state index in [1.807, 2.05) is 6.07 Å². The Morgan fingerprint density at radius 3 is 2.61 bits per heavy atom. The van der Waals surface area contributed by atoms with E-state index in [4.69, 9.17) is 14.7 Å². The summed E-state index contributed by atoms with van der Waals surface area (Å²) in [6.45, 7) is 0. The fourth-order valence-electron chi connectivity index (χ4n) is 2.57. The van der Waals surface area contributed by atoms with Crippen LogP contribution in [0.5, 0.6) is 11.5 Å². The van der Waals surface area contributed by atoms with Gasteiger partial charge in [-0.3, -0.25) is 9.78 Å². The summed E-state index contributed by atoms with van der Waals surface area (Å²) in [4.78, 5) is 16.7. The minimum absolute atomic E-state index is 0.352. The van der Waals surface area contributed by atoms with E-state index in [0.717, 1.165) is 0 Å². The Morgan fingerprint density at radius 1 is 1.04 bits per heavy atom. The summed E-state index contributed by atoms with van der Waals surface area (Å²) >= 11 is 0. The van der Waals surface area contributed by atoms with Gasteiger partial charge in [-0.2, -0.15) is 5.26 Å². The lowest BCUT2D eigenvalue weighted by molar-refractivity contribution is 0.102. The highest BCUT2D eigenvalue weighted by Gasteiger charge is 2.11. The fraction of sp³-hybridized carbons (Fsp3) is 0.0952. The molecule has 1 amide bonds. The highest BCUT2D eigenvalue weighted by atomic mass is 16.5. The third-order valence-electron chi connectivity index (χ3n) is 3.98. The number of anilines is 3. The number of methoxy groups -OCH3 is 2. The molecular formula is C21H18N4O3. The number of para-hydroxylation sites is 1. The topological polar surface area (TPSA) is 96.3 Å². The van der Waals surface area contributed by atoms with E-state index in [1.54, 1.807) is 62.9 Å². The molecule has 2 aromatic carbocycles. The summed E-state index contributed by atoms with van der Waals surface area (Å²) in [5.74, 6) is 0.905. The van der Waals surface area contributed by atoms with Gasteiger partial charge in [0.2, 0.25) is 0 Å². The zero-order chi connectivity index (χ0) is 19.9. The van der Waals surface area contributed by atoms with Gasteiger partial charge in [-0.15, -0.1) is 0 Å². The highest BCUT2D eigenvalue weighted by molar-refractivity contribution is 6.05. The van der Waals surface area contributed by atoms with Gasteiger partial charge in [0.05, 0.1) is 48.6 Å². The predicted octanol–water partition coefficient (Wildman–Crippen LogP) is 3.97. The van der Waals surface area contributed by atoms with Crippen LogP contribution in [0.15, 0.2) is 60.9 Å². The van der Waals surface area contributed by atoms with E-state index >= 15 is 0 Å². The van der Waals surface area contributed by atoms with Crippen LogP contribution >= 0.6 is 0 Å². The number of nitrogens with one attached hydrogen (secondary N) is 2. The summed E-state index contributed by atoms with van der Waals surface area (Å²) in [5, 5.41) is 15.1. The Kier molecular flexibility index (Phi) is 5.72. The van der Waals surface area contributed by atoms with Gasteiger partial charge in [0.25, 0.3) is 5.91 Å². The maximum atomic E-state index is 12.6. The van der Waals surface area contributed by atoms with Crippen LogP contribution < -0.4 is 20.1 Å². The maximum Gasteiger partial charge on any atom is 0.257 e. The van der Waals surface area contributed by atoms with Crippen molar-refractivity contribution < 1.29 is 14.3 Å². The molecule has 140 valence electrons. The molecule has 7 heteroatoms. The van der Waals surface area contributed by atoms with Gasteiger partial charge in [-0.05, 0) is 30.3 Å². The molecule has 3 aromatic rings. The quantitative estimate of drug-likeness (QED) is 0.678. The highest BCUT2D eigenvalue weighted by Crippen LogP contribution is 2.31. The lowest BCUT2D eigenvalue weighted by Crippen LogP contribution is -2.13. The van der Waals surface area contributed by atoms with Gasteiger partial charge in [0.1, 0.15) is 17.6 Å². The van der Waals surface area contributed by atoms with Crippen molar-refractivity contribution in [3.8, 4) is 17.6 Å². The zero-order valence-electron chi connectivity index (χ0n) is 15.4. The molecule has 3 rings (SSSR count). The number of hydrogen-bond acceptors (Lipinski definition) is 6. The van der Waals surface area contributed by atoms with E-state index in [0.29, 0.717) is 39.7 Å². The fourth-order valence-corrected chi connectivity index (χ4v) is 2.57. The first-order valence-electron chi connectivity index (χ1n) is 8.39. The number of carbonyl (C=O) groups is 1. The number of amides is 1. The smallest absolute Gasteiger partial charge is 0.257 e. The molecule has 0 spiro atoms. The molecule has 0 atom stereocenters. The van der Waals surface area contributed by atoms with Crippen LogP contribution in [0.2, 0.25) is 0 Å². The van der Waals surface area contributed by atoms with Crippen molar-refractivity contribution in [1.82, 2.24) is 4.98 Å². The third-order valence-corrected chi connectivity index (χ3v) is 3.98. The van der Waals surface area contributed by atoms with E-state index in [-0.39, 0.29) is 5.91 Å². The predicted molar refractivity (Wildman–Crippen MR) is 106 cm³/mol. The van der Waals surface area contributed by atoms with Gasteiger partial charge in [-0.1, -0.05) is 12.1 Å². The number of ether oxygens (including phenoxy) is 2. The summed E-state index contributed by atoms with van der Waals surface area (Å²) in [6.07, 6.45) is 3.06. The Hall–Kier alpha value is -4.05. The van der Waals surface area contributed by atoms with Crippen LogP contribution in [-0.4, -0.2) is 25.1 Å². The lowest BCUT2D eigenvalue weighted by Gasteiger charge is -2.13. The molecule has 0 radical (unpaired) electrons. The van der Waals surface area contributed by atoms with Gasteiger partial charge in [0, 0.05) is 12.3 Å². The van der Waals surface area contributed by atoms with Crippen molar-refractivity contribution in [2.45, 2.75) is 0 Å². The molecule has 0 unspecified atom stereocenters. The average Bonchev–Trinajstić information content (AvgIpc) is 2.74. The molecule has 1 aromatic heterocycles. The van der Waals surface area contributed by atoms with Crippen LogP contribution in [0.3, 0.4) is 0 Å². The Morgan fingerprint density at radius 2 is 1.86 bits per heavy atom. The second-order valence-electron chi connectivity index (χ2n) is 5.77. The summed E-state index contributed by atoms with van der Waals surface area (Å²) in [7, 11) is 3.15. The van der Waals surface area contributed by atoms with Crippen molar-refractivity contribution in [2.24, 2.45) is 0 Å². The second-order valence-corrected chi connectivity index (χ2v) is 5.77. The SMILES string of the molecule is COc1ccc(Nc2cncc(C(=O)Nc3ccccc3C#N)c2)c(OC)c1. The van der Waals surface area contributed by atoms with Crippen LogP contribution in [0.25, 0.3) is 0 Å². The summed E-state index contributed by atoms with van der Waals surface area (Å²) in [5.41, 5.74) is 2.51. The second kappa shape index (κ2) is 8.56. The average molecular weight is 374 g/mol. The van der Waals surface area contributed by atoms with Crippen LogP contribution in [0, 0.1) is 11.3 Å². The molecule has 0 saturated heterocycles. The number of pyridine rings is 1. The Bertz CT molecular complexity index is 1040. The Labute approximate surface area is 162 Å². The summed E-state index contributed by atoms with van der Waals surface area (Å²) in [6, 6.07) is 15.9. The third kappa shape index (κ3) is 4.19. The molecule has 28 heavy (non-hydrogen) atoms. The molecule has 0 aliphatic rings. The number of benzene rings is 2. The molecule has 0 fully saturated rings. The summed E-state index contributed by atoms with van der Waals surface area (Å²) < 4.78 is 10.6. The zero-order valence-corrected chi connectivity index (χ0v) is 15.4. The van der Waals surface area contributed by atoms with E-state index in [9.17, 15) is 4.79 Å². The van der Waals surface area contributed by atoms with E-state index in [1.165, 1.54) is 6.20 Å². The minimum atomic E-state index is -0.361. The van der Waals surface area contributed by atoms with E-state index in [2.05, 4.69) is 21.7 Å². The molecule has 2 N–H and O–H groups in total. The Balaban J connectivity index is 1.81. The molecule has 7 nitrogen and oxygen atoms in total. The molecule has 0 aliphatic carbocycles. The number of rotatable bonds is 6. The minimum Gasteiger partial charge on any atom is -0.497 e. The van der Waals surface area contributed by atoms with Gasteiger partial charge >= 0.3 is 0 Å². The number of nitriles is 1. The number of hydrogen-bond donors (Lipinski definition) is 2. The lowest BCUT2D eigenvalue weighted by atomic mass is 10.1. The largest absolute Gasteiger partial charge is 0.497 e. The van der Waals surface area contributed by atoms with Crippen molar-refractivity contribution in [3.05, 3.63) is 72.1 Å². The maximum absolute atomic E-state index is 12.6. The number of nitrogens with zero attached hydrogens (tertiary/aromatic N) is 2. The van der Waals surface area contributed by atoms with Crippen molar-refractivity contribution in [3.63, 3.8) is 0 Å². The number of carbonyl (C=O) groups excluding carboxylic acids is 1. The first kappa shape index (κ1) is 18.7. The standard InChI is InChI=1S/C21H18N4O3/c1-27-17-7-8-19(20(10-17)28-2)24-16-9-15(12-23-13-16)21(26)25-18-6-4-3-5-14(18)11-22/h3-10,12-13,24H,1-2H3,(H,25,26). The first-order chi connectivity index (χ1) is 13.6. The van der Waals surface area contributed by atoms with Crippen molar-refractivity contribution in [1.29, 1.82) is 5.26 Å². The van der Waals surface area contributed by atoms with Crippen LogP contribution in [0.1, 0.15) is 15.9 Å². The molecule has 0 bridgehead atoms. The van der Waals surface area contributed by atoms with E-state index < -0.39 is 0 Å². The monoisotopic (exact) mass is 374 g/mol. The molecule has 0 saturated carbocycles. The van der Waals surface area contributed by atoms with Gasteiger partial charge in [0.15, 0.2) is 0 Å². The number of aromatic nitrogens is 1. The van der Waals surface area contributed by atoms with Crippen molar-refractivity contribution in [2.75, 3.05) is 24.9 Å². The van der Waals surface area contributed by atoms with Gasteiger partial charge in [-0.25, -0.2) is 0 Å². The normalized spacial score (nSPS) is 9.89. The molecular weight excluding hydrogens is 356 g/mol.